The van der Waals surface area contributed by atoms with E-state index in [9.17, 15) is 4.79 Å². The number of nitrogens with zero attached hydrogens (tertiary/aromatic N) is 1. The Balaban J connectivity index is 4.07. The zero-order valence-corrected chi connectivity index (χ0v) is 9.09. The highest BCUT2D eigenvalue weighted by Crippen LogP contribution is 2.04. The molecule has 3 nitrogen and oxygen atoms in total. The van der Waals surface area contributed by atoms with Crippen molar-refractivity contribution in [3.63, 3.8) is 0 Å². The van der Waals surface area contributed by atoms with Crippen LogP contribution >= 0.6 is 0 Å². The molecular weight excluding hydrogens is 166 g/mol. The van der Waals surface area contributed by atoms with Crippen molar-refractivity contribution in [2.75, 3.05) is 33.8 Å². The summed E-state index contributed by atoms with van der Waals surface area (Å²) in [4.78, 5) is 11.2. The minimum absolute atomic E-state index is 0.276. The van der Waals surface area contributed by atoms with Gasteiger partial charge in [0, 0.05) is 0 Å². The summed E-state index contributed by atoms with van der Waals surface area (Å²) in [5.41, 5.74) is 0.550. The van der Waals surface area contributed by atoms with E-state index in [0.29, 0.717) is 18.7 Å². The zero-order chi connectivity index (χ0) is 10.5. The average Bonchev–Trinajstić information content (AvgIpc) is 2.04. The molecule has 0 aliphatic heterocycles. The Morgan fingerprint density at radius 1 is 1.38 bits per heavy atom. The molecule has 0 unspecified atom stereocenters. The number of hydrogen-bond donors (Lipinski definition) is 0. The average molecular weight is 186 g/mol. The minimum Gasteiger partial charge on any atom is -0.462 e. The van der Waals surface area contributed by atoms with Crippen molar-refractivity contribution in [1.29, 1.82) is 0 Å². The van der Waals surface area contributed by atoms with E-state index >= 15 is 0 Å². The molecule has 0 heterocycles. The number of hydrogen-bond acceptors (Lipinski definition) is 2. The lowest BCUT2D eigenvalue weighted by atomic mass is 10.2. The van der Waals surface area contributed by atoms with E-state index in [2.05, 4.69) is 27.6 Å². The van der Waals surface area contributed by atoms with Gasteiger partial charge in [-0.25, -0.2) is 4.79 Å². The maximum absolute atomic E-state index is 11.2. The summed E-state index contributed by atoms with van der Waals surface area (Å²) < 4.78 is 5.61. The number of carbonyl (C=O) groups is 1. The summed E-state index contributed by atoms with van der Waals surface area (Å²) in [5.74, 6) is -0.276. The van der Waals surface area contributed by atoms with Gasteiger partial charge in [-0.2, -0.15) is 0 Å². The third kappa shape index (κ3) is 4.68. The third-order valence-electron chi connectivity index (χ3n) is 2.04. The first-order valence-electron chi connectivity index (χ1n) is 4.60. The smallest absolute Gasteiger partial charge is 0.339 e. The van der Waals surface area contributed by atoms with Crippen LogP contribution in [0.5, 0.6) is 0 Å². The number of esters is 1. The lowest BCUT2D eigenvalue weighted by Crippen LogP contribution is -2.41. The fourth-order valence-corrected chi connectivity index (χ4v) is 0.926. The van der Waals surface area contributed by atoms with Crippen LogP contribution in [0, 0.1) is 0 Å². The largest absolute Gasteiger partial charge is 0.462 e. The first-order chi connectivity index (χ1) is 5.93. The van der Waals surface area contributed by atoms with Crippen molar-refractivity contribution in [2.24, 2.45) is 0 Å². The fraction of sp³-hybridized carbons (Fsp3) is 0.700. The van der Waals surface area contributed by atoms with Gasteiger partial charge in [-0.1, -0.05) is 6.58 Å². The Morgan fingerprint density at radius 2 is 1.92 bits per heavy atom. The molecule has 0 aromatic rings. The van der Waals surface area contributed by atoms with Gasteiger partial charge in [0.25, 0.3) is 0 Å². The summed E-state index contributed by atoms with van der Waals surface area (Å²) in [6.45, 7) is 9.63. The molecule has 0 radical (unpaired) electrons. The summed E-state index contributed by atoms with van der Waals surface area (Å²) in [6.07, 6.45) is 0. The van der Waals surface area contributed by atoms with Gasteiger partial charge in [0.05, 0.1) is 32.8 Å². The molecular formula is C10H20NO2+. The zero-order valence-electron chi connectivity index (χ0n) is 9.09. The normalized spacial score (nSPS) is 11.1. The van der Waals surface area contributed by atoms with Gasteiger partial charge in [0.1, 0.15) is 6.54 Å². The van der Waals surface area contributed by atoms with E-state index in [4.69, 9.17) is 4.74 Å². The number of ether oxygens (including phenoxy) is 1. The molecule has 0 atom stereocenters. The van der Waals surface area contributed by atoms with Gasteiger partial charge in [0.2, 0.25) is 0 Å². The minimum atomic E-state index is -0.276. The van der Waals surface area contributed by atoms with Gasteiger partial charge in [0.15, 0.2) is 0 Å². The second kappa shape index (κ2) is 5.02. The quantitative estimate of drug-likeness (QED) is 0.366. The van der Waals surface area contributed by atoms with Crippen molar-refractivity contribution >= 4 is 5.97 Å². The van der Waals surface area contributed by atoms with Crippen LogP contribution in [0.15, 0.2) is 12.2 Å². The summed E-state index contributed by atoms with van der Waals surface area (Å²) in [5, 5.41) is 0. The molecule has 0 amide bonds. The topological polar surface area (TPSA) is 26.3 Å². The van der Waals surface area contributed by atoms with Gasteiger partial charge in [-0.05, 0) is 13.8 Å². The Kier molecular flexibility index (Phi) is 4.70. The standard InChI is InChI=1S/C10H20NO2/c1-6-11(4,5)8-9(3)10(12)13-7-2/h3,6-8H2,1-2,4-5H3/q+1. The molecule has 76 valence electrons. The maximum Gasteiger partial charge on any atom is 0.339 e. The Bertz CT molecular complexity index is 197. The van der Waals surface area contributed by atoms with E-state index in [1.807, 2.05) is 0 Å². The van der Waals surface area contributed by atoms with Crippen LogP contribution in [0.4, 0.5) is 0 Å². The van der Waals surface area contributed by atoms with Crippen LogP contribution in [0.3, 0.4) is 0 Å². The van der Waals surface area contributed by atoms with Crippen LogP contribution in [0.25, 0.3) is 0 Å². The molecule has 0 saturated heterocycles. The van der Waals surface area contributed by atoms with Crippen LogP contribution in [-0.4, -0.2) is 44.2 Å². The Hall–Kier alpha value is -0.830. The maximum atomic E-state index is 11.2. The molecule has 0 bridgehead atoms. The van der Waals surface area contributed by atoms with Crippen LogP contribution < -0.4 is 0 Å². The van der Waals surface area contributed by atoms with E-state index in [1.165, 1.54) is 0 Å². The molecule has 0 aliphatic carbocycles. The molecule has 0 aromatic carbocycles. The highest BCUT2D eigenvalue weighted by molar-refractivity contribution is 5.87. The van der Waals surface area contributed by atoms with E-state index in [0.717, 1.165) is 11.0 Å². The van der Waals surface area contributed by atoms with Gasteiger partial charge >= 0.3 is 5.97 Å². The number of carbonyl (C=O) groups excluding carboxylic acids is 1. The van der Waals surface area contributed by atoms with Crippen LogP contribution in [0.1, 0.15) is 13.8 Å². The predicted molar refractivity (Wildman–Crippen MR) is 53.3 cm³/mol. The SMILES string of the molecule is C=C(C[N+](C)(C)CC)C(=O)OCC. The van der Waals surface area contributed by atoms with E-state index < -0.39 is 0 Å². The first kappa shape index (κ1) is 12.2. The molecule has 0 rings (SSSR count). The molecule has 0 fully saturated rings. The van der Waals surface area contributed by atoms with Crippen molar-refractivity contribution in [2.45, 2.75) is 13.8 Å². The summed E-state index contributed by atoms with van der Waals surface area (Å²) in [7, 11) is 4.12. The second-order valence-electron chi connectivity index (χ2n) is 3.73. The lowest BCUT2D eigenvalue weighted by molar-refractivity contribution is -0.883. The van der Waals surface area contributed by atoms with Crippen molar-refractivity contribution in [1.82, 2.24) is 0 Å². The number of quaternary nitrogens is 1. The second-order valence-corrected chi connectivity index (χ2v) is 3.73. The van der Waals surface area contributed by atoms with E-state index in [-0.39, 0.29) is 5.97 Å². The number of rotatable bonds is 5. The molecule has 0 N–H and O–H groups in total. The monoisotopic (exact) mass is 186 g/mol. The Morgan fingerprint density at radius 3 is 2.31 bits per heavy atom. The van der Waals surface area contributed by atoms with Crippen molar-refractivity contribution in [3.8, 4) is 0 Å². The van der Waals surface area contributed by atoms with Crippen LogP contribution in [-0.2, 0) is 9.53 Å². The molecule has 0 aromatic heterocycles. The third-order valence-corrected chi connectivity index (χ3v) is 2.04. The molecule has 0 spiro atoms. The highest BCUT2D eigenvalue weighted by Gasteiger charge is 2.18. The molecule has 0 aliphatic rings. The van der Waals surface area contributed by atoms with Gasteiger partial charge < -0.3 is 9.22 Å². The van der Waals surface area contributed by atoms with Crippen molar-refractivity contribution in [3.05, 3.63) is 12.2 Å². The lowest BCUT2D eigenvalue weighted by Gasteiger charge is -2.28. The fourth-order valence-electron chi connectivity index (χ4n) is 0.926. The number of likely N-dealkylation sites (N-methyl/N-ethyl adjacent to an activating group) is 1. The first-order valence-corrected chi connectivity index (χ1v) is 4.60. The highest BCUT2D eigenvalue weighted by atomic mass is 16.5. The molecule has 3 heteroatoms. The Labute approximate surface area is 80.6 Å². The molecule has 13 heavy (non-hydrogen) atoms. The summed E-state index contributed by atoms with van der Waals surface area (Å²) in [6, 6.07) is 0. The summed E-state index contributed by atoms with van der Waals surface area (Å²) >= 11 is 0. The van der Waals surface area contributed by atoms with Gasteiger partial charge in [-0.3, -0.25) is 0 Å². The van der Waals surface area contributed by atoms with Gasteiger partial charge in [-0.15, -0.1) is 0 Å². The van der Waals surface area contributed by atoms with E-state index in [1.54, 1.807) is 6.92 Å². The molecule has 0 saturated carbocycles. The van der Waals surface area contributed by atoms with Crippen LogP contribution in [0.2, 0.25) is 0 Å². The predicted octanol–water partition coefficient (Wildman–Crippen LogP) is 1.20. The van der Waals surface area contributed by atoms with Crippen molar-refractivity contribution < 1.29 is 14.0 Å².